The first-order valence-corrected chi connectivity index (χ1v) is 8.60. The summed E-state index contributed by atoms with van der Waals surface area (Å²) in [5, 5.41) is 3.99. The number of carbonyl (C=O) groups is 1. The van der Waals surface area contributed by atoms with E-state index in [4.69, 9.17) is 10.3 Å². The van der Waals surface area contributed by atoms with E-state index in [9.17, 15) is 4.79 Å². The van der Waals surface area contributed by atoms with Crippen LogP contribution in [-0.4, -0.2) is 15.9 Å². The average Bonchev–Trinajstić information content (AvgIpc) is 3.19. The molecule has 2 N–H and O–H groups in total. The fourth-order valence-corrected chi connectivity index (χ4v) is 3.47. The number of thiophene rings is 1. The molecule has 0 saturated carbocycles. The second kappa shape index (κ2) is 8.38. The predicted octanol–water partition coefficient (Wildman–Crippen LogP) is 4.11. The molecule has 2 aromatic heterocycles. The third-order valence-electron chi connectivity index (χ3n) is 3.82. The molecule has 0 aliphatic heterocycles. The topological polar surface area (TPSA) is 82.0 Å². The van der Waals surface area contributed by atoms with Gasteiger partial charge in [0.15, 0.2) is 5.78 Å². The summed E-state index contributed by atoms with van der Waals surface area (Å²) in [4.78, 5) is 18.9. The Kier molecular flexibility index (Phi) is 6.47. The normalized spacial score (nSPS) is 10.5. The molecule has 1 aromatic carbocycles. The van der Waals surface area contributed by atoms with Gasteiger partial charge in [0.2, 0.25) is 11.7 Å². The van der Waals surface area contributed by atoms with E-state index in [-0.39, 0.29) is 18.2 Å². The molecule has 7 heteroatoms. The molecule has 0 aliphatic rings. The number of hydrogen-bond acceptors (Lipinski definition) is 6. The number of halogens is 1. The van der Waals surface area contributed by atoms with Gasteiger partial charge in [-0.1, -0.05) is 29.4 Å². The summed E-state index contributed by atoms with van der Waals surface area (Å²) in [6, 6.07) is 9.66. The smallest absolute Gasteiger partial charge is 0.227 e. The number of Topliss-reactive ketones (excluding diaryl/α,β-unsaturated/α-hetero) is 1. The van der Waals surface area contributed by atoms with E-state index >= 15 is 0 Å². The Morgan fingerprint density at radius 2 is 1.96 bits per heavy atom. The van der Waals surface area contributed by atoms with E-state index in [1.165, 1.54) is 0 Å². The predicted molar refractivity (Wildman–Crippen MR) is 101 cm³/mol. The molecule has 0 bridgehead atoms. The van der Waals surface area contributed by atoms with Gasteiger partial charge in [-0.25, -0.2) is 0 Å². The average molecular weight is 378 g/mol. The maximum absolute atomic E-state index is 12.3. The minimum absolute atomic E-state index is 0. The van der Waals surface area contributed by atoms with Crippen molar-refractivity contribution < 1.29 is 9.32 Å². The highest BCUT2D eigenvalue weighted by atomic mass is 35.5. The lowest BCUT2D eigenvalue weighted by atomic mass is 10.1. The van der Waals surface area contributed by atoms with Gasteiger partial charge in [0.05, 0.1) is 0 Å². The largest absolute Gasteiger partial charge is 0.339 e. The summed E-state index contributed by atoms with van der Waals surface area (Å²) in [5.41, 5.74) is 8.31. The first-order valence-electron chi connectivity index (χ1n) is 7.79. The number of aromatic nitrogens is 2. The van der Waals surface area contributed by atoms with E-state index in [0.717, 1.165) is 26.4 Å². The SMILES string of the molecule is Cc1cc(C(=O)CCc2nc(-c3ccc(CN)cc3)no2)c(C)s1.Cl. The van der Waals surface area contributed by atoms with Crippen LogP contribution in [-0.2, 0) is 13.0 Å². The van der Waals surface area contributed by atoms with Crippen molar-refractivity contribution in [1.29, 1.82) is 0 Å². The fourth-order valence-electron chi connectivity index (χ4n) is 2.53. The second-order valence-electron chi connectivity index (χ2n) is 5.66. The Balaban J connectivity index is 0.00000225. The Morgan fingerprint density at radius 3 is 2.56 bits per heavy atom. The minimum Gasteiger partial charge on any atom is -0.339 e. The third-order valence-corrected chi connectivity index (χ3v) is 4.79. The van der Waals surface area contributed by atoms with Crippen molar-refractivity contribution in [2.24, 2.45) is 5.73 Å². The van der Waals surface area contributed by atoms with E-state index in [1.807, 2.05) is 44.2 Å². The first-order chi connectivity index (χ1) is 11.6. The monoisotopic (exact) mass is 377 g/mol. The molecule has 0 saturated heterocycles. The van der Waals surface area contributed by atoms with Gasteiger partial charge in [0, 0.05) is 40.3 Å². The maximum atomic E-state index is 12.3. The van der Waals surface area contributed by atoms with Gasteiger partial charge in [0.25, 0.3) is 0 Å². The zero-order valence-electron chi connectivity index (χ0n) is 14.1. The molecular weight excluding hydrogens is 358 g/mol. The molecule has 0 amide bonds. The van der Waals surface area contributed by atoms with Gasteiger partial charge in [-0.05, 0) is 25.5 Å². The number of hydrogen-bond donors (Lipinski definition) is 1. The molecule has 132 valence electrons. The van der Waals surface area contributed by atoms with E-state index in [0.29, 0.717) is 31.1 Å². The van der Waals surface area contributed by atoms with Crippen molar-refractivity contribution in [3.8, 4) is 11.4 Å². The summed E-state index contributed by atoms with van der Waals surface area (Å²) in [6.45, 7) is 4.48. The minimum atomic E-state index is 0. The highest BCUT2D eigenvalue weighted by Crippen LogP contribution is 2.23. The van der Waals surface area contributed by atoms with Crippen LogP contribution in [0.15, 0.2) is 34.9 Å². The molecule has 0 fully saturated rings. The lowest BCUT2D eigenvalue weighted by molar-refractivity contribution is 0.0979. The molecule has 0 spiro atoms. The Labute approximate surface area is 156 Å². The van der Waals surface area contributed by atoms with Crippen LogP contribution >= 0.6 is 23.7 Å². The van der Waals surface area contributed by atoms with Crippen molar-refractivity contribution in [2.45, 2.75) is 33.2 Å². The summed E-state index contributed by atoms with van der Waals surface area (Å²) in [7, 11) is 0. The molecule has 0 radical (unpaired) electrons. The third kappa shape index (κ3) is 4.54. The van der Waals surface area contributed by atoms with Crippen LogP contribution < -0.4 is 5.73 Å². The quantitative estimate of drug-likeness (QED) is 0.653. The van der Waals surface area contributed by atoms with E-state index in [2.05, 4.69) is 10.1 Å². The standard InChI is InChI=1S/C18H19N3O2S.ClH/c1-11-9-15(12(2)24-11)16(22)7-8-17-20-18(21-23-17)14-5-3-13(10-19)4-6-14;/h3-6,9H,7-8,10,19H2,1-2H3;1H. The molecular formula is C18H20ClN3O2S. The lowest BCUT2D eigenvalue weighted by Crippen LogP contribution is -2.01. The number of rotatable bonds is 6. The van der Waals surface area contributed by atoms with Gasteiger partial charge in [-0.3, -0.25) is 4.79 Å². The molecule has 25 heavy (non-hydrogen) atoms. The molecule has 3 rings (SSSR count). The number of benzene rings is 1. The van der Waals surface area contributed by atoms with Gasteiger partial charge in [-0.15, -0.1) is 23.7 Å². The van der Waals surface area contributed by atoms with Crippen LogP contribution in [0.5, 0.6) is 0 Å². The van der Waals surface area contributed by atoms with Crippen molar-refractivity contribution in [3.63, 3.8) is 0 Å². The summed E-state index contributed by atoms with van der Waals surface area (Å²) in [6.07, 6.45) is 0.811. The zero-order chi connectivity index (χ0) is 17.1. The summed E-state index contributed by atoms with van der Waals surface area (Å²) >= 11 is 1.64. The zero-order valence-corrected chi connectivity index (χ0v) is 15.7. The first kappa shape index (κ1) is 19.3. The van der Waals surface area contributed by atoms with Crippen LogP contribution in [0.1, 0.15) is 38.0 Å². The van der Waals surface area contributed by atoms with Crippen molar-refractivity contribution in [2.75, 3.05) is 0 Å². The summed E-state index contributed by atoms with van der Waals surface area (Å²) in [5.74, 6) is 1.12. The van der Waals surface area contributed by atoms with Crippen LogP contribution in [0.3, 0.4) is 0 Å². The Hall–Kier alpha value is -2.02. The number of aryl methyl sites for hydroxylation is 3. The molecule has 2 heterocycles. The molecule has 0 aliphatic carbocycles. The van der Waals surface area contributed by atoms with Crippen LogP contribution in [0.2, 0.25) is 0 Å². The highest BCUT2D eigenvalue weighted by Gasteiger charge is 2.15. The molecule has 3 aromatic rings. The van der Waals surface area contributed by atoms with Crippen LogP contribution in [0.25, 0.3) is 11.4 Å². The molecule has 0 unspecified atom stereocenters. The van der Waals surface area contributed by atoms with Gasteiger partial charge in [0.1, 0.15) is 0 Å². The number of ketones is 1. The Bertz CT molecular complexity index is 856. The fraction of sp³-hybridized carbons (Fsp3) is 0.278. The van der Waals surface area contributed by atoms with Gasteiger partial charge < -0.3 is 10.3 Å². The number of carbonyl (C=O) groups excluding carboxylic acids is 1. The van der Waals surface area contributed by atoms with Crippen molar-refractivity contribution in [1.82, 2.24) is 10.1 Å². The molecule has 0 atom stereocenters. The van der Waals surface area contributed by atoms with Gasteiger partial charge >= 0.3 is 0 Å². The van der Waals surface area contributed by atoms with Crippen molar-refractivity contribution >= 4 is 29.5 Å². The number of nitrogens with zero attached hydrogens (tertiary/aromatic N) is 2. The lowest BCUT2D eigenvalue weighted by Gasteiger charge is -1.98. The van der Waals surface area contributed by atoms with Crippen LogP contribution in [0, 0.1) is 13.8 Å². The summed E-state index contributed by atoms with van der Waals surface area (Å²) < 4.78 is 5.26. The maximum Gasteiger partial charge on any atom is 0.227 e. The van der Waals surface area contributed by atoms with E-state index < -0.39 is 0 Å². The second-order valence-corrected chi connectivity index (χ2v) is 7.12. The molecule has 5 nitrogen and oxygen atoms in total. The van der Waals surface area contributed by atoms with Crippen LogP contribution in [0.4, 0.5) is 0 Å². The Morgan fingerprint density at radius 1 is 1.24 bits per heavy atom. The van der Waals surface area contributed by atoms with E-state index in [1.54, 1.807) is 11.3 Å². The van der Waals surface area contributed by atoms with Crippen molar-refractivity contribution in [3.05, 3.63) is 57.1 Å². The van der Waals surface area contributed by atoms with Gasteiger partial charge in [-0.2, -0.15) is 4.98 Å². The number of nitrogens with two attached hydrogens (primary N) is 1. The highest BCUT2D eigenvalue weighted by molar-refractivity contribution is 7.12.